The number of nitrogens with zero attached hydrogens (tertiary/aromatic N) is 4. The molecule has 0 spiro atoms. The Morgan fingerprint density at radius 2 is 1.63 bits per heavy atom. The van der Waals surface area contributed by atoms with Crippen LogP contribution in [0.15, 0.2) is 48.5 Å². The molecule has 2 heterocycles. The highest BCUT2D eigenvalue weighted by molar-refractivity contribution is 7.19. The van der Waals surface area contributed by atoms with Crippen molar-refractivity contribution in [3.05, 3.63) is 79.9 Å². The molecule has 0 bridgehead atoms. The molecule has 2 aromatic carbocycles. The van der Waals surface area contributed by atoms with Crippen molar-refractivity contribution in [1.29, 1.82) is 0 Å². The number of nitro groups is 2. The number of thiophene rings is 1. The van der Waals surface area contributed by atoms with Crippen LogP contribution in [0.2, 0.25) is 0 Å². The molecule has 4 rings (SSSR count). The van der Waals surface area contributed by atoms with Crippen molar-refractivity contribution in [2.45, 2.75) is 26.7 Å². The number of amides is 3. The summed E-state index contributed by atoms with van der Waals surface area (Å²) in [4.78, 5) is 61.4. The summed E-state index contributed by atoms with van der Waals surface area (Å²) in [6.07, 6.45) is 1.30. The Morgan fingerprint density at radius 3 is 2.22 bits per heavy atom. The molecule has 3 amide bonds. The van der Waals surface area contributed by atoms with Crippen LogP contribution in [0.3, 0.4) is 0 Å². The Morgan fingerprint density at radius 1 is 0.951 bits per heavy atom. The molecular weight excluding hydrogens is 554 g/mol. The molecule has 1 aromatic heterocycles. The summed E-state index contributed by atoms with van der Waals surface area (Å²) in [5.41, 5.74) is 7.40. The Labute approximate surface area is 238 Å². The molecule has 0 saturated heterocycles. The Kier molecular flexibility index (Phi) is 8.77. The van der Waals surface area contributed by atoms with Gasteiger partial charge in [0.05, 0.1) is 32.3 Å². The second kappa shape index (κ2) is 12.4. The van der Waals surface area contributed by atoms with E-state index in [1.165, 1.54) is 11.8 Å². The van der Waals surface area contributed by atoms with E-state index < -0.39 is 15.5 Å². The van der Waals surface area contributed by atoms with E-state index >= 15 is 0 Å². The second-order valence-corrected chi connectivity index (χ2v) is 10.1. The normalized spacial score (nSPS) is 12.2. The first-order chi connectivity index (χ1) is 19.6. The lowest BCUT2D eigenvalue weighted by Gasteiger charge is -2.25. The van der Waals surface area contributed by atoms with E-state index in [0.29, 0.717) is 66.3 Å². The monoisotopic (exact) mass is 581 g/mol. The molecule has 14 nitrogen and oxygen atoms in total. The van der Waals surface area contributed by atoms with Crippen molar-refractivity contribution >= 4 is 61.8 Å². The van der Waals surface area contributed by atoms with Crippen molar-refractivity contribution in [3.63, 3.8) is 0 Å². The minimum atomic E-state index is -0.723. The molecule has 0 atom stereocenters. The first kappa shape index (κ1) is 28.9. The smallest absolute Gasteiger partial charge is 0.333 e. The number of hydrogen-bond acceptors (Lipinski definition) is 11. The van der Waals surface area contributed by atoms with Crippen molar-refractivity contribution in [2.24, 2.45) is 0 Å². The Bertz CT molecular complexity index is 1490. The first-order valence-electron chi connectivity index (χ1n) is 12.7. The minimum Gasteiger partial charge on any atom is -0.372 e. The molecule has 0 saturated carbocycles. The van der Waals surface area contributed by atoms with Gasteiger partial charge in [-0.25, -0.2) is 0 Å². The van der Waals surface area contributed by atoms with E-state index in [1.54, 1.807) is 42.5 Å². The van der Waals surface area contributed by atoms with Gasteiger partial charge in [-0.05, 0) is 61.4 Å². The van der Waals surface area contributed by atoms with Gasteiger partial charge >= 0.3 is 10.7 Å². The van der Waals surface area contributed by atoms with Crippen molar-refractivity contribution in [3.8, 4) is 0 Å². The number of carbonyl (C=O) groups excluding carboxylic acids is 3. The van der Waals surface area contributed by atoms with Gasteiger partial charge in [-0.3, -0.25) is 50.4 Å². The molecule has 0 radical (unpaired) electrons. The van der Waals surface area contributed by atoms with Crippen LogP contribution in [0.4, 0.5) is 32.8 Å². The molecule has 3 N–H and O–H groups in total. The van der Waals surface area contributed by atoms with Gasteiger partial charge in [0.15, 0.2) is 5.00 Å². The number of carbonyl (C=O) groups is 3. The average molecular weight is 582 g/mol. The van der Waals surface area contributed by atoms with Crippen LogP contribution < -0.4 is 21.1 Å². The number of imide groups is 1. The van der Waals surface area contributed by atoms with E-state index in [2.05, 4.69) is 21.1 Å². The average Bonchev–Trinajstić information content (AvgIpc) is 3.48. The maximum Gasteiger partial charge on any atom is 0.333 e. The summed E-state index contributed by atoms with van der Waals surface area (Å²) < 4.78 is 0. The quantitative estimate of drug-likeness (QED) is 0.109. The molecule has 0 aliphatic carbocycles. The van der Waals surface area contributed by atoms with Gasteiger partial charge in [0.1, 0.15) is 6.07 Å². The van der Waals surface area contributed by atoms with Gasteiger partial charge in [-0.15, -0.1) is 0 Å². The van der Waals surface area contributed by atoms with Crippen LogP contribution in [0.25, 0.3) is 0 Å². The molecule has 214 valence electrons. The van der Waals surface area contributed by atoms with Crippen LogP contribution >= 0.6 is 11.3 Å². The Balaban J connectivity index is 1.41. The van der Waals surface area contributed by atoms with Crippen LogP contribution in [-0.2, 0) is 4.79 Å². The highest BCUT2D eigenvalue weighted by atomic mass is 32.1. The van der Waals surface area contributed by atoms with Crippen molar-refractivity contribution in [2.75, 3.05) is 40.7 Å². The van der Waals surface area contributed by atoms with Gasteiger partial charge in [0.2, 0.25) is 5.91 Å². The maximum atomic E-state index is 12.6. The van der Waals surface area contributed by atoms with Gasteiger partial charge in [0, 0.05) is 32.2 Å². The highest BCUT2D eigenvalue weighted by Crippen LogP contribution is 2.39. The third-order valence-corrected chi connectivity index (χ3v) is 7.38. The summed E-state index contributed by atoms with van der Waals surface area (Å²) in [7, 11) is 0. The van der Waals surface area contributed by atoms with E-state index in [4.69, 9.17) is 0 Å². The molecule has 3 aromatic rings. The first-order valence-corrected chi connectivity index (χ1v) is 13.5. The van der Waals surface area contributed by atoms with E-state index in [9.17, 15) is 34.6 Å². The van der Waals surface area contributed by atoms with Gasteiger partial charge in [0.25, 0.3) is 11.8 Å². The fourth-order valence-electron chi connectivity index (χ4n) is 4.42. The zero-order chi connectivity index (χ0) is 29.7. The fraction of sp³-hybridized carbons (Fsp3) is 0.269. The lowest BCUT2D eigenvalue weighted by Crippen LogP contribution is -2.31. The maximum absolute atomic E-state index is 12.6. The van der Waals surface area contributed by atoms with E-state index in [1.807, 2.05) is 6.92 Å². The largest absolute Gasteiger partial charge is 0.372 e. The van der Waals surface area contributed by atoms with Gasteiger partial charge in [-0.1, -0.05) is 12.1 Å². The standard InChI is InChI=1S/C26H27N7O7S/c1-3-30(12-6-7-13-31-25(35)18-8-4-5-9-19(18)26(31)36)17-10-11-20(21(14-17)27-16(2)34)28-29-24-22(32(37)38)15-23(41-24)33(39)40/h4-5,8-11,14-15,28-29H,3,6-7,12-13H2,1-2H3,(H,27,34). The zero-order valence-corrected chi connectivity index (χ0v) is 23.0. The number of rotatable bonds is 13. The number of unbranched alkanes of at least 4 members (excludes halogenated alkanes) is 1. The fourth-order valence-corrected chi connectivity index (χ4v) is 5.22. The van der Waals surface area contributed by atoms with Crippen LogP contribution in [0.5, 0.6) is 0 Å². The predicted octanol–water partition coefficient (Wildman–Crippen LogP) is 4.86. The van der Waals surface area contributed by atoms with Crippen LogP contribution in [-0.4, -0.2) is 52.1 Å². The second-order valence-electron chi connectivity index (χ2n) is 9.07. The van der Waals surface area contributed by atoms with E-state index in [0.717, 1.165) is 11.8 Å². The minimum absolute atomic E-state index is 0.0622. The summed E-state index contributed by atoms with van der Waals surface area (Å²) in [6.45, 7) is 4.88. The molecule has 0 fully saturated rings. The number of benzene rings is 2. The van der Waals surface area contributed by atoms with E-state index in [-0.39, 0.29) is 27.7 Å². The number of hydrogen-bond donors (Lipinski definition) is 3. The molecule has 1 aliphatic heterocycles. The molecule has 1 aliphatic rings. The molecule has 41 heavy (non-hydrogen) atoms. The summed E-state index contributed by atoms with van der Waals surface area (Å²) >= 11 is 0.608. The lowest BCUT2D eigenvalue weighted by molar-refractivity contribution is -0.389. The topological polar surface area (TPSA) is 180 Å². The SMILES string of the molecule is CCN(CCCCN1C(=O)c2ccccc2C1=O)c1ccc(NNc2sc([N+](=O)[O-])cc2[N+](=O)[O-])c(NC(C)=O)c1. The van der Waals surface area contributed by atoms with Crippen molar-refractivity contribution in [1.82, 2.24) is 4.90 Å². The molecule has 15 heteroatoms. The van der Waals surface area contributed by atoms with Crippen LogP contribution in [0.1, 0.15) is 47.4 Å². The predicted molar refractivity (Wildman–Crippen MR) is 155 cm³/mol. The summed E-state index contributed by atoms with van der Waals surface area (Å²) in [5, 5.41) is 24.7. The number of anilines is 4. The lowest BCUT2D eigenvalue weighted by atomic mass is 10.1. The van der Waals surface area contributed by atoms with Gasteiger partial charge in [-0.2, -0.15) is 0 Å². The molecule has 0 unspecified atom stereocenters. The van der Waals surface area contributed by atoms with Crippen molar-refractivity contribution < 1.29 is 24.2 Å². The van der Waals surface area contributed by atoms with Gasteiger partial charge < -0.3 is 10.2 Å². The highest BCUT2D eigenvalue weighted by Gasteiger charge is 2.34. The third-order valence-electron chi connectivity index (χ3n) is 6.39. The summed E-state index contributed by atoms with van der Waals surface area (Å²) in [6, 6.07) is 12.9. The Hall–Kier alpha value is -5.05. The number of fused-ring (bicyclic) bond motifs is 1. The number of hydrazine groups is 1. The third kappa shape index (κ3) is 6.41. The molecular formula is C26H27N7O7S. The number of nitrogens with one attached hydrogen (secondary N) is 3. The summed E-state index contributed by atoms with van der Waals surface area (Å²) in [5.74, 6) is -0.902. The van der Waals surface area contributed by atoms with Crippen LogP contribution in [0, 0.1) is 20.2 Å². The zero-order valence-electron chi connectivity index (χ0n) is 22.2.